The standard InChI is InChI=1S/C17H16AsBrF2INO2/c1-8(2)25-23-17(24)11-7-13(19)15(20)16(21)14(11)18-12-5-4-10(22)6-9(12)3/h4-8,18H,1-3H3,(H,23,24). The van der Waals surface area contributed by atoms with Gasteiger partial charge in [0.1, 0.15) is 0 Å². The number of carbonyl (C=O) groups excluding carboxylic acids is 1. The number of rotatable bonds is 5. The Labute approximate surface area is 173 Å². The molecule has 0 spiro atoms. The number of hydrogen-bond donors (Lipinski definition) is 1. The summed E-state index contributed by atoms with van der Waals surface area (Å²) in [5, 5.41) is 0. The summed E-state index contributed by atoms with van der Waals surface area (Å²) in [5.41, 5.74) is 3.38. The second kappa shape index (κ2) is 8.93. The number of hydroxylamine groups is 1. The van der Waals surface area contributed by atoms with Gasteiger partial charge in [0.05, 0.1) is 0 Å². The van der Waals surface area contributed by atoms with Crippen LogP contribution in [-0.4, -0.2) is 27.8 Å². The number of benzene rings is 2. The van der Waals surface area contributed by atoms with Crippen molar-refractivity contribution in [2.75, 3.05) is 0 Å². The van der Waals surface area contributed by atoms with E-state index in [2.05, 4.69) is 44.0 Å². The summed E-state index contributed by atoms with van der Waals surface area (Å²) in [6, 6.07) is 7.11. The van der Waals surface area contributed by atoms with Crippen molar-refractivity contribution >= 4 is 68.9 Å². The zero-order valence-electron chi connectivity index (χ0n) is 13.7. The number of nitrogens with one attached hydrogen (secondary N) is 1. The number of carbonyl (C=O) groups is 1. The van der Waals surface area contributed by atoms with Crippen molar-refractivity contribution in [1.82, 2.24) is 5.48 Å². The van der Waals surface area contributed by atoms with Gasteiger partial charge in [-0.1, -0.05) is 0 Å². The monoisotopic (exact) mass is 585 g/mol. The fourth-order valence-electron chi connectivity index (χ4n) is 2.02. The summed E-state index contributed by atoms with van der Waals surface area (Å²) < 4.78 is 30.7. The minimum atomic E-state index is -1.26. The molecule has 2 aromatic carbocycles. The maximum absolute atomic E-state index is 14.6. The quantitative estimate of drug-likeness (QED) is 0.254. The average molecular weight is 586 g/mol. The second-order valence-corrected chi connectivity index (χ2v) is 10.4. The van der Waals surface area contributed by atoms with E-state index < -0.39 is 33.3 Å². The zero-order valence-corrected chi connectivity index (χ0v) is 19.6. The van der Waals surface area contributed by atoms with Crippen molar-refractivity contribution < 1.29 is 18.4 Å². The van der Waals surface area contributed by atoms with Crippen molar-refractivity contribution in [2.24, 2.45) is 0 Å². The molecule has 1 atom stereocenters. The van der Waals surface area contributed by atoms with Gasteiger partial charge in [0.15, 0.2) is 0 Å². The third-order valence-electron chi connectivity index (χ3n) is 3.24. The Morgan fingerprint density at radius 3 is 2.56 bits per heavy atom. The number of hydrogen-bond acceptors (Lipinski definition) is 2. The Bertz CT molecular complexity index is 818. The topological polar surface area (TPSA) is 38.3 Å². The molecule has 3 nitrogen and oxygen atoms in total. The predicted octanol–water partition coefficient (Wildman–Crippen LogP) is 3.10. The molecule has 1 amide bonds. The van der Waals surface area contributed by atoms with E-state index >= 15 is 0 Å². The van der Waals surface area contributed by atoms with E-state index in [9.17, 15) is 13.6 Å². The van der Waals surface area contributed by atoms with Crippen molar-refractivity contribution in [3.63, 3.8) is 0 Å². The second-order valence-electron chi connectivity index (χ2n) is 5.59. The van der Waals surface area contributed by atoms with E-state index in [1.807, 2.05) is 25.1 Å². The number of amides is 1. The third-order valence-corrected chi connectivity index (χ3v) is 7.78. The first-order chi connectivity index (χ1) is 11.7. The normalized spacial score (nSPS) is 11.5. The summed E-state index contributed by atoms with van der Waals surface area (Å²) in [7, 11) is 0. The van der Waals surface area contributed by atoms with Crippen LogP contribution >= 0.6 is 38.5 Å². The van der Waals surface area contributed by atoms with E-state index in [1.165, 1.54) is 6.07 Å². The van der Waals surface area contributed by atoms with Gasteiger partial charge in [-0.3, -0.25) is 0 Å². The first kappa shape index (κ1) is 20.8. The molecule has 25 heavy (non-hydrogen) atoms. The molecule has 0 radical (unpaired) electrons. The van der Waals surface area contributed by atoms with Gasteiger partial charge >= 0.3 is 175 Å². The van der Waals surface area contributed by atoms with Crippen LogP contribution in [0.3, 0.4) is 0 Å². The van der Waals surface area contributed by atoms with E-state index in [0.29, 0.717) is 0 Å². The van der Waals surface area contributed by atoms with Crippen molar-refractivity contribution in [1.29, 1.82) is 0 Å². The van der Waals surface area contributed by atoms with Gasteiger partial charge in [0.25, 0.3) is 0 Å². The Kier molecular flexibility index (Phi) is 7.43. The van der Waals surface area contributed by atoms with Gasteiger partial charge in [-0.15, -0.1) is 0 Å². The Hall–Kier alpha value is -0.502. The molecule has 0 saturated carbocycles. The first-order valence-corrected chi connectivity index (χ1v) is 11.3. The van der Waals surface area contributed by atoms with Gasteiger partial charge in [0, 0.05) is 0 Å². The number of halogens is 4. The fraction of sp³-hybridized carbons (Fsp3) is 0.235. The van der Waals surface area contributed by atoms with Gasteiger partial charge in [0.2, 0.25) is 0 Å². The summed E-state index contributed by atoms with van der Waals surface area (Å²) in [5.74, 6) is -2.56. The van der Waals surface area contributed by atoms with Crippen molar-refractivity contribution in [3.8, 4) is 0 Å². The summed E-state index contributed by atoms with van der Waals surface area (Å²) >= 11 is 3.90. The molecule has 0 aliphatic heterocycles. The van der Waals surface area contributed by atoms with Crippen LogP contribution in [0.5, 0.6) is 0 Å². The van der Waals surface area contributed by atoms with E-state index in [-0.39, 0.29) is 20.5 Å². The summed E-state index contributed by atoms with van der Waals surface area (Å²) in [4.78, 5) is 17.5. The van der Waals surface area contributed by atoms with Crippen LogP contribution in [0, 0.1) is 22.1 Å². The SMILES string of the molecule is Cc1cc(I)ccc1[AsH]c1c(C(=O)NOC(C)C)cc(Br)c(F)c1F. The van der Waals surface area contributed by atoms with E-state index in [4.69, 9.17) is 4.84 Å². The third kappa shape index (κ3) is 5.25. The average Bonchev–Trinajstić information content (AvgIpc) is 2.54. The molecule has 0 aliphatic carbocycles. The Balaban J connectivity index is 2.47. The summed E-state index contributed by atoms with van der Waals surface area (Å²) in [6.45, 7) is 5.44. The van der Waals surface area contributed by atoms with Gasteiger partial charge in [-0.25, -0.2) is 0 Å². The maximum atomic E-state index is 14.6. The fourth-order valence-corrected chi connectivity index (χ4v) is 5.69. The molecular weight excluding hydrogens is 570 g/mol. The molecule has 0 saturated heterocycles. The van der Waals surface area contributed by atoms with Gasteiger partial charge < -0.3 is 0 Å². The molecule has 0 aromatic heterocycles. The van der Waals surface area contributed by atoms with Crippen molar-refractivity contribution in [2.45, 2.75) is 26.9 Å². The molecular formula is C17H16AsBrF2INO2. The molecule has 2 aromatic rings. The molecule has 134 valence electrons. The molecule has 0 bridgehead atoms. The molecule has 0 aliphatic rings. The number of aryl methyl sites for hydroxylation is 1. The van der Waals surface area contributed by atoms with E-state index in [1.54, 1.807) is 13.8 Å². The van der Waals surface area contributed by atoms with Crippen LogP contribution in [0.4, 0.5) is 8.78 Å². The first-order valence-electron chi connectivity index (χ1n) is 7.37. The van der Waals surface area contributed by atoms with Crippen LogP contribution in [0.25, 0.3) is 0 Å². The van der Waals surface area contributed by atoms with E-state index in [0.717, 1.165) is 13.5 Å². The Morgan fingerprint density at radius 2 is 1.96 bits per heavy atom. The molecule has 0 fully saturated rings. The molecule has 0 heterocycles. The molecule has 2 rings (SSSR count). The molecule has 1 unspecified atom stereocenters. The Morgan fingerprint density at radius 1 is 1.28 bits per heavy atom. The zero-order chi connectivity index (χ0) is 18.7. The minimum absolute atomic E-state index is 0.0874. The van der Waals surface area contributed by atoms with Crippen LogP contribution in [0.2, 0.25) is 0 Å². The van der Waals surface area contributed by atoms with Crippen molar-refractivity contribution in [3.05, 3.63) is 55.1 Å². The summed E-state index contributed by atoms with van der Waals surface area (Å²) in [6.07, 6.45) is -0.226. The van der Waals surface area contributed by atoms with Crippen LogP contribution < -0.4 is 14.2 Å². The van der Waals surface area contributed by atoms with Gasteiger partial charge in [-0.2, -0.15) is 0 Å². The predicted molar refractivity (Wildman–Crippen MR) is 108 cm³/mol. The van der Waals surface area contributed by atoms with Crippen LogP contribution in [0.1, 0.15) is 29.8 Å². The molecule has 1 N–H and O–H groups in total. The van der Waals surface area contributed by atoms with Crippen LogP contribution in [-0.2, 0) is 4.84 Å². The van der Waals surface area contributed by atoms with Crippen LogP contribution in [0.15, 0.2) is 28.7 Å². The van der Waals surface area contributed by atoms with Gasteiger partial charge in [-0.05, 0) is 0 Å². The molecule has 8 heteroatoms.